The van der Waals surface area contributed by atoms with Crippen molar-refractivity contribution in [2.45, 2.75) is 221 Å². The van der Waals surface area contributed by atoms with Crippen LogP contribution in [0.2, 0.25) is 0 Å². The summed E-state index contributed by atoms with van der Waals surface area (Å²) in [5.41, 5.74) is 31.0. The monoisotopic (exact) mass is 1740 g/mol. The number of amides is 8. The number of halogens is 1. The summed E-state index contributed by atoms with van der Waals surface area (Å²) in [5.74, 6) is -8.76. The minimum atomic E-state index is -5.37. The van der Waals surface area contributed by atoms with Gasteiger partial charge in [-0.25, -0.2) is 9.37 Å². The Bertz CT molecular complexity index is 5090. The number of ether oxygens (including phenoxy) is 1. The van der Waals surface area contributed by atoms with Crippen LogP contribution < -0.4 is 65.2 Å². The fourth-order valence-corrected chi connectivity index (χ4v) is 20.6. The third-order valence-electron chi connectivity index (χ3n) is 26.4. The van der Waals surface area contributed by atoms with E-state index in [1.54, 1.807) is 19.2 Å². The summed E-state index contributed by atoms with van der Waals surface area (Å²) in [6.45, 7) is 26.5. The van der Waals surface area contributed by atoms with Gasteiger partial charge in [0.15, 0.2) is 6.23 Å². The Labute approximate surface area is 712 Å². The van der Waals surface area contributed by atoms with Crippen molar-refractivity contribution in [1.82, 2.24) is 35.4 Å². The van der Waals surface area contributed by atoms with Gasteiger partial charge < -0.3 is 110 Å². The van der Waals surface area contributed by atoms with Crippen molar-refractivity contribution in [1.29, 1.82) is 5.26 Å². The number of carbonyl (C=O) groups is 8. The van der Waals surface area contributed by atoms with Crippen LogP contribution in [0.4, 0.5) is 10.1 Å². The first-order valence-electron chi connectivity index (χ1n) is 41.0. The number of pyridine rings is 1. The molecule has 15 atom stereocenters. The van der Waals surface area contributed by atoms with Crippen LogP contribution in [0.1, 0.15) is 192 Å². The standard InChI is InChI=1S/C83H115FN17O16P.CN.Co/c1-42-30-56-59(31-43(42)2)101(41-94-56)78-72(111)73(60(40-102)115-78)117-118(113,114)116-44(3)38-93-68(109)22-23-80(8)53(33-64(87)105)76-83(11)82(10,37-66(89)107)52(18-21-67(108)91-24-12-13-25-92-77(112)49-39-100(47-14-15-47)57-35-58(99-28-26-90-27-29-99)54(84)32-48(57)71(49)110)70(98-83)46(5)75-81(9,36-65(88)106)50(16-19-62(85)103)55(95-75)34-61-79(6,7)51(17-20-63(86)104)69(96-61)45(4)74(80)97-76;1-2;/h30-32,34-35,39,41,44,47,50-53,60,72-73,76,78,90,102,111H,12-29,33,36-38,40H2,1-11H3,(H15,85,86,87,88,89,91,92,93,95,96,97,98,103,104,105,106,107,108,109,112,113,114);;/q;-1;+3/p-2/t44-,50-,51-,52-,53+,60-,72-,73-,76-,78+,80-,81+,82+,83+;;/m1../s1. The number of nitrogens with two attached hydrogens (primary N) is 5. The Balaban J connectivity index is 0.00000508. The summed E-state index contributed by atoms with van der Waals surface area (Å²) in [7, 11) is -5.37. The molecule has 3 saturated heterocycles. The quantitative estimate of drug-likeness (QED) is 0.0157. The van der Waals surface area contributed by atoms with E-state index < -0.39 is 167 Å². The number of benzene rings is 2. The number of primary amides is 5. The van der Waals surface area contributed by atoms with Gasteiger partial charge in [0.05, 0.1) is 52.5 Å². The number of aliphatic hydroxyl groups is 2. The number of carbonyl (C=O) groups excluding carboxylic acids is 8. The molecule has 2 aromatic heterocycles. The summed E-state index contributed by atoms with van der Waals surface area (Å²) >= 11 is 0. The zero-order valence-corrected chi connectivity index (χ0v) is 72.3. The molecule has 4 fully saturated rings. The number of hydrogen-bond acceptors (Lipinski definition) is 23. The number of hydrogen-bond donors (Lipinski definition) is 11. The number of anilines is 1. The van der Waals surface area contributed by atoms with Gasteiger partial charge in [-0.15, -0.1) is 0 Å². The first-order chi connectivity index (χ1) is 56.6. The molecule has 121 heavy (non-hydrogen) atoms. The number of piperazine rings is 1. The molecule has 0 spiro atoms. The molecule has 8 bridgehead atoms. The molecule has 9 heterocycles. The molecule has 1 aliphatic carbocycles. The van der Waals surface area contributed by atoms with Crippen molar-refractivity contribution in [2.75, 3.05) is 57.3 Å². The fraction of sp³-hybridized carbons (Fsp3) is 0.595. The van der Waals surface area contributed by atoms with Crippen LogP contribution in [0.5, 0.6) is 0 Å². The van der Waals surface area contributed by atoms with Gasteiger partial charge >= 0.3 is 16.8 Å². The van der Waals surface area contributed by atoms with Crippen LogP contribution in [-0.2, 0) is 68.7 Å². The third-order valence-corrected chi connectivity index (χ3v) is 27.5. The Hall–Kier alpha value is -9.41. The van der Waals surface area contributed by atoms with E-state index in [4.69, 9.17) is 74.6 Å². The van der Waals surface area contributed by atoms with Gasteiger partial charge in [-0.3, -0.25) is 62.7 Å². The first kappa shape index (κ1) is 93.8. The molecule has 7 aliphatic heterocycles. The number of aryl methyl sites for hydroxylation is 2. The van der Waals surface area contributed by atoms with Gasteiger partial charge in [0.1, 0.15) is 29.7 Å². The maximum Gasteiger partial charge on any atom is 3.00 e. The number of aliphatic hydroxyl groups excluding tert-OH is 2. The van der Waals surface area contributed by atoms with Crippen molar-refractivity contribution in [3.8, 4) is 0 Å². The molecular weight excluding hydrogens is 1630 g/mol. The molecule has 37 heteroatoms. The molecule has 656 valence electrons. The average molecular weight is 1740 g/mol. The largest absolute Gasteiger partial charge is 3.00 e. The Morgan fingerprint density at radius 3 is 2.04 bits per heavy atom. The Morgan fingerprint density at radius 1 is 0.785 bits per heavy atom. The van der Waals surface area contributed by atoms with Gasteiger partial charge in [0, 0.05) is 165 Å². The number of phosphoric ester groups is 1. The summed E-state index contributed by atoms with van der Waals surface area (Å²) in [4.78, 5) is 162. The number of rotatable bonds is 34. The van der Waals surface area contributed by atoms with Crippen molar-refractivity contribution >= 4 is 99.8 Å². The topological polar surface area (TPSA) is 541 Å². The van der Waals surface area contributed by atoms with Crippen LogP contribution in [0.15, 0.2) is 90.9 Å². The van der Waals surface area contributed by atoms with Crippen molar-refractivity contribution in [3.05, 3.63) is 116 Å². The minimum Gasteiger partial charge on any atom is -0.756 e. The molecule has 12 rings (SSSR count). The second kappa shape index (κ2) is 37.3. The van der Waals surface area contributed by atoms with Crippen molar-refractivity contribution in [3.63, 3.8) is 0 Å². The van der Waals surface area contributed by atoms with Crippen molar-refractivity contribution < 1.29 is 93.0 Å². The summed E-state index contributed by atoms with van der Waals surface area (Å²) in [5, 5.41) is 46.0. The SMILES string of the molecule is C/C1=C2/[N-][C@H]([C@H](CC(N)=O)[C@@]2(C)CCC(=O)NC[C@@H](C)OP(=O)([O-])O[C@H]2[C@@H](O)[C@@H](n3cnc4cc(C)c(C)cc43)O[C@@H]2CO)[C@]2(C)N=C(/C(C)=C3N=C(/C=C4N=C1[C@@H](CCC(N)=O)C\4(C)C)[C@@H](CCC(N)=O)[C@]\3(C)CC(N)=O)[C@@H](CCC(=O)NCCCCNC(=O)c1cn(C3CC3)c3cc(N4CCNCC4)c(F)cc3c1=O)[C@]2(C)CC(N)=O.[C-]#N.[Co+3]. The Morgan fingerprint density at radius 2 is 1.41 bits per heavy atom. The summed E-state index contributed by atoms with van der Waals surface area (Å²) < 4.78 is 49.9. The number of aromatic nitrogens is 3. The van der Waals surface area contributed by atoms with Crippen LogP contribution >= 0.6 is 7.82 Å². The zero-order valence-electron chi connectivity index (χ0n) is 70.3. The molecule has 8 amide bonds. The maximum absolute atomic E-state index is 15.8. The van der Waals surface area contributed by atoms with E-state index in [2.05, 4.69) is 26.3 Å². The van der Waals surface area contributed by atoms with Crippen LogP contribution in [-0.4, -0.2) is 177 Å². The van der Waals surface area contributed by atoms with Crippen LogP contribution in [0.3, 0.4) is 0 Å². The second-order valence-electron chi connectivity index (χ2n) is 34.9. The predicted molar refractivity (Wildman–Crippen MR) is 443 cm³/mol. The molecule has 4 aromatic rings. The van der Waals surface area contributed by atoms with Gasteiger partial charge in [-0.2, -0.15) is 5.70 Å². The Kier molecular flexibility index (Phi) is 29.0. The van der Waals surface area contributed by atoms with E-state index in [0.717, 1.165) is 24.0 Å². The number of fused-ring (bicyclic) bond motifs is 8. The van der Waals surface area contributed by atoms with Crippen LogP contribution in [0, 0.1) is 76.8 Å². The van der Waals surface area contributed by atoms with Gasteiger partial charge in [-0.1, -0.05) is 40.7 Å². The van der Waals surface area contributed by atoms with E-state index in [9.17, 15) is 62.8 Å². The number of nitrogens with zero attached hydrogens (tertiary/aromatic N) is 9. The van der Waals surface area contributed by atoms with E-state index in [-0.39, 0.29) is 117 Å². The molecule has 0 radical (unpaired) electrons. The van der Waals surface area contributed by atoms with Gasteiger partial charge in [-0.05, 0) is 157 Å². The first-order valence-corrected chi connectivity index (χ1v) is 42.5. The minimum absolute atomic E-state index is 0. The smallest absolute Gasteiger partial charge is 0.756 e. The van der Waals surface area contributed by atoms with Gasteiger partial charge in [0.25, 0.3) is 13.7 Å². The van der Waals surface area contributed by atoms with Gasteiger partial charge in [0.2, 0.25) is 46.8 Å². The summed E-state index contributed by atoms with van der Waals surface area (Å²) in [6, 6.07) is 5.56. The van der Waals surface area contributed by atoms with E-state index >= 15 is 4.39 Å². The summed E-state index contributed by atoms with van der Waals surface area (Å²) in [6.07, 6.45) is -1.38. The number of imidazole rings is 1. The second-order valence-corrected chi connectivity index (χ2v) is 36.2. The molecule has 1 unspecified atom stereocenters. The number of nitrogens with one attached hydrogen (secondary N) is 4. The average Bonchev–Trinajstić information content (AvgIpc) is 1.52. The van der Waals surface area contributed by atoms with E-state index in [1.165, 1.54) is 23.9 Å². The molecule has 8 aliphatic rings. The zero-order chi connectivity index (χ0) is 87.8. The molecule has 34 nitrogen and oxygen atoms in total. The molecule has 16 N–H and O–H groups in total. The van der Waals surface area contributed by atoms with Crippen molar-refractivity contribution in [2.24, 2.45) is 89.0 Å². The van der Waals surface area contributed by atoms with E-state index in [1.807, 2.05) is 90.0 Å². The number of aliphatic imine (C=N–C) groups is 3. The third kappa shape index (κ3) is 19.1. The van der Waals surface area contributed by atoms with Crippen LogP contribution in [0.25, 0.3) is 27.3 Å². The number of allylic oxidation sites excluding steroid dienone is 6. The van der Waals surface area contributed by atoms with E-state index in [0.29, 0.717) is 107 Å². The normalized spacial score (nSPS) is 29.6. The number of unbranched alkanes of at least 4 members (excludes halogenated alkanes) is 1. The molecular formula is C84H113CoFN18O16P. The number of phosphoric acid groups is 1. The molecule has 2 aromatic carbocycles. The fourth-order valence-electron chi connectivity index (χ4n) is 19.5. The predicted octanol–water partition coefficient (Wildman–Crippen LogP) is 5.45. The maximum atomic E-state index is 15.8. The molecule has 1 saturated carbocycles.